The zero-order valence-electron chi connectivity index (χ0n) is 10.6. The Bertz CT molecular complexity index is 746. The van der Waals surface area contributed by atoms with Gasteiger partial charge in [0.15, 0.2) is 5.01 Å². The maximum absolute atomic E-state index is 6.14. The Labute approximate surface area is 124 Å². The molecule has 0 spiro atoms. The van der Waals surface area contributed by atoms with E-state index in [1.54, 1.807) is 12.3 Å². The summed E-state index contributed by atoms with van der Waals surface area (Å²) in [5.74, 6) is 0.686. The van der Waals surface area contributed by atoms with Gasteiger partial charge in [-0.15, -0.1) is 10.2 Å². The zero-order chi connectivity index (χ0) is 13.9. The highest BCUT2D eigenvalue weighted by Gasteiger charge is 2.08. The number of halogens is 1. The molecule has 2 aromatic heterocycles. The van der Waals surface area contributed by atoms with E-state index in [-0.39, 0.29) is 0 Å². The van der Waals surface area contributed by atoms with Crippen LogP contribution in [0.4, 0.5) is 5.13 Å². The zero-order valence-corrected chi connectivity index (χ0v) is 12.2. The molecule has 0 saturated heterocycles. The number of ether oxygens (including phenoxy) is 1. The standard InChI is InChI=1S/C13H11ClN4OS/c1-15-13-18-17-11(20-13)7-19-10-5-4-9(14)8-3-2-6-16-12(8)10/h2-6H,7H2,1H3,(H,15,18). The van der Waals surface area contributed by atoms with E-state index in [9.17, 15) is 0 Å². The number of anilines is 1. The molecule has 0 bridgehead atoms. The average Bonchev–Trinajstić information content (AvgIpc) is 2.95. The molecule has 102 valence electrons. The van der Waals surface area contributed by atoms with Crippen molar-refractivity contribution in [1.82, 2.24) is 15.2 Å². The number of nitrogens with one attached hydrogen (secondary N) is 1. The molecule has 0 saturated carbocycles. The number of fused-ring (bicyclic) bond motifs is 1. The largest absolute Gasteiger partial charge is 0.484 e. The third-order valence-corrected chi connectivity index (χ3v) is 3.96. The topological polar surface area (TPSA) is 59.9 Å². The van der Waals surface area contributed by atoms with Crippen LogP contribution in [0.2, 0.25) is 5.02 Å². The SMILES string of the molecule is CNc1nnc(COc2ccc(Cl)c3cccnc23)s1. The van der Waals surface area contributed by atoms with E-state index >= 15 is 0 Å². The minimum absolute atomic E-state index is 0.354. The molecular formula is C13H11ClN4OS. The number of pyridine rings is 1. The Morgan fingerprint density at radius 2 is 2.20 bits per heavy atom. The third kappa shape index (κ3) is 2.52. The van der Waals surface area contributed by atoms with E-state index in [0.29, 0.717) is 17.4 Å². The molecule has 0 unspecified atom stereocenters. The number of hydrogen-bond donors (Lipinski definition) is 1. The van der Waals surface area contributed by atoms with Crippen LogP contribution >= 0.6 is 22.9 Å². The molecule has 3 rings (SSSR count). The molecule has 0 aliphatic rings. The Hall–Kier alpha value is -1.92. The van der Waals surface area contributed by atoms with Crippen LogP contribution in [0.1, 0.15) is 5.01 Å². The summed E-state index contributed by atoms with van der Waals surface area (Å²) >= 11 is 7.60. The molecular weight excluding hydrogens is 296 g/mol. The highest BCUT2D eigenvalue weighted by molar-refractivity contribution is 7.15. The highest BCUT2D eigenvalue weighted by atomic mass is 35.5. The van der Waals surface area contributed by atoms with Crippen molar-refractivity contribution in [3.63, 3.8) is 0 Å². The van der Waals surface area contributed by atoms with Crippen LogP contribution < -0.4 is 10.1 Å². The fourth-order valence-corrected chi connectivity index (χ4v) is 2.60. The van der Waals surface area contributed by atoms with Crippen molar-refractivity contribution in [3.05, 3.63) is 40.5 Å². The molecule has 3 aromatic rings. The van der Waals surface area contributed by atoms with Crippen LogP contribution in [0.5, 0.6) is 5.75 Å². The average molecular weight is 307 g/mol. The number of hydrogen-bond acceptors (Lipinski definition) is 6. The van der Waals surface area contributed by atoms with Gasteiger partial charge < -0.3 is 10.1 Å². The van der Waals surface area contributed by atoms with Gasteiger partial charge in [-0.3, -0.25) is 4.98 Å². The number of nitrogens with zero attached hydrogens (tertiary/aromatic N) is 3. The van der Waals surface area contributed by atoms with Crippen molar-refractivity contribution in [1.29, 1.82) is 0 Å². The molecule has 0 amide bonds. The summed E-state index contributed by atoms with van der Waals surface area (Å²) in [5, 5.41) is 14.0. The second-order valence-corrected chi connectivity index (χ2v) is 5.45. The van der Waals surface area contributed by atoms with Crippen LogP contribution in [-0.2, 0) is 6.61 Å². The Morgan fingerprint density at radius 3 is 3.00 bits per heavy atom. The summed E-state index contributed by atoms with van der Waals surface area (Å²) in [6.07, 6.45) is 1.72. The first-order valence-electron chi connectivity index (χ1n) is 5.94. The van der Waals surface area contributed by atoms with Gasteiger partial charge in [-0.05, 0) is 24.3 Å². The van der Waals surface area contributed by atoms with Crippen molar-refractivity contribution in [2.75, 3.05) is 12.4 Å². The normalized spacial score (nSPS) is 10.7. The lowest BCUT2D eigenvalue weighted by atomic mass is 10.2. The molecule has 0 aliphatic carbocycles. The molecule has 5 nitrogen and oxygen atoms in total. The van der Waals surface area contributed by atoms with Crippen LogP contribution in [0, 0.1) is 0 Å². The lowest BCUT2D eigenvalue weighted by Gasteiger charge is -2.07. The third-order valence-electron chi connectivity index (χ3n) is 2.71. The van der Waals surface area contributed by atoms with Gasteiger partial charge in [-0.25, -0.2) is 0 Å². The molecule has 0 fully saturated rings. The monoisotopic (exact) mass is 306 g/mol. The van der Waals surface area contributed by atoms with E-state index in [1.165, 1.54) is 11.3 Å². The fraction of sp³-hybridized carbons (Fsp3) is 0.154. The van der Waals surface area contributed by atoms with Gasteiger partial charge >= 0.3 is 0 Å². The van der Waals surface area contributed by atoms with Gasteiger partial charge in [-0.2, -0.15) is 0 Å². The summed E-state index contributed by atoms with van der Waals surface area (Å²) in [6.45, 7) is 0.354. The summed E-state index contributed by atoms with van der Waals surface area (Å²) in [5.41, 5.74) is 0.748. The molecule has 7 heteroatoms. The molecule has 0 aliphatic heterocycles. The lowest BCUT2D eigenvalue weighted by Crippen LogP contribution is -1.96. The van der Waals surface area contributed by atoms with Gasteiger partial charge in [0, 0.05) is 18.6 Å². The van der Waals surface area contributed by atoms with Gasteiger partial charge in [0.25, 0.3) is 0 Å². The molecule has 20 heavy (non-hydrogen) atoms. The lowest BCUT2D eigenvalue weighted by molar-refractivity contribution is 0.307. The van der Waals surface area contributed by atoms with E-state index in [0.717, 1.165) is 21.0 Å². The molecule has 1 N–H and O–H groups in total. The number of rotatable bonds is 4. The minimum atomic E-state index is 0.354. The Balaban J connectivity index is 1.86. The maximum Gasteiger partial charge on any atom is 0.205 e. The Morgan fingerprint density at radius 1 is 1.30 bits per heavy atom. The van der Waals surface area contributed by atoms with Gasteiger partial charge in [0.1, 0.15) is 17.9 Å². The molecule has 1 aromatic carbocycles. The second-order valence-electron chi connectivity index (χ2n) is 3.98. The summed E-state index contributed by atoms with van der Waals surface area (Å²) in [7, 11) is 1.81. The summed E-state index contributed by atoms with van der Waals surface area (Å²) in [4.78, 5) is 4.32. The first-order chi connectivity index (χ1) is 9.78. The fourth-order valence-electron chi connectivity index (χ4n) is 1.78. The van der Waals surface area contributed by atoms with Crippen LogP contribution in [0.15, 0.2) is 30.5 Å². The predicted molar refractivity (Wildman–Crippen MR) is 80.5 cm³/mol. The van der Waals surface area contributed by atoms with Crippen molar-refractivity contribution in [2.45, 2.75) is 6.61 Å². The first-order valence-corrected chi connectivity index (χ1v) is 7.13. The van der Waals surface area contributed by atoms with E-state index < -0.39 is 0 Å². The maximum atomic E-state index is 6.14. The van der Waals surface area contributed by atoms with E-state index in [4.69, 9.17) is 16.3 Å². The van der Waals surface area contributed by atoms with Crippen molar-refractivity contribution < 1.29 is 4.74 Å². The molecule has 0 radical (unpaired) electrons. The number of aromatic nitrogens is 3. The smallest absolute Gasteiger partial charge is 0.205 e. The van der Waals surface area contributed by atoms with Gasteiger partial charge in [0.05, 0.1) is 5.02 Å². The van der Waals surface area contributed by atoms with Crippen molar-refractivity contribution in [3.8, 4) is 5.75 Å². The quantitative estimate of drug-likeness (QED) is 0.801. The van der Waals surface area contributed by atoms with Crippen molar-refractivity contribution >= 4 is 39.0 Å². The highest BCUT2D eigenvalue weighted by Crippen LogP contribution is 2.30. The van der Waals surface area contributed by atoms with Gasteiger partial charge in [-0.1, -0.05) is 22.9 Å². The summed E-state index contributed by atoms with van der Waals surface area (Å²) in [6, 6.07) is 7.39. The molecule has 2 heterocycles. The van der Waals surface area contributed by atoms with E-state index in [1.807, 2.05) is 25.2 Å². The van der Waals surface area contributed by atoms with E-state index in [2.05, 4.69) is 20.5 Å². The Kier molecular flexibility index (Phi) is 3.66. The van der Waals surface area contributed by atoms with Crippen LogP contribution in [0.25, 0.3) is 10.9 Å². The summed E-state index contributed by atoms with van der Waals surface area (Å²) < 4.78 is 5.78. The second kappa shape index (κ2) is 5.60. The number of benzene rings is 1. The van der Waals surface area contributed by atoms with Crippen LogP contribution in [0.3, 0.4) is 0 Å². The molecule has 0 atom stereocenters. The first kappa shape index (κ1) is 13.1. The minimum Gasteiger partial charge on any atom is -0.484 e. The predicted octanol–water partition coefficient (Wildman–Crippen LogP) is 3.36. The van der Waals surface area contributed by atoms with Gasteiger partial charge in [0.2, 0.25) is 5.13 Å². The van der Waals surface area contributed by atoms with Crippen molar-refractivity contribution in [2.24, 2.45) is 0 Å². The van der Waals surface area contributed by atoms with Crippen LogP contribution in [-0.4, -0.2) is 22.2 Å².